The number of anilines is 2. The van der Waals surface area contributed by atoms with Gasteiger partial charge in [-0.05, 0) is 48.9 Å². The van der Waals surface area contributed by atoms with Crippen molar-refractivity contribution in [3.05, 3.63) is 54.1 Å². The number of urea groups is 1. The molecule has 2 aromatic carbocycles. The Balaban J connectivity index is 1.42. The maximum Gasteiger partial charge on any atom is 0.321 e. The SMILES string of the molecule is CCc1ccccc1NC(=O)C(=O)NCC1CCN(C(=O)Nc2ccccc2OC)CC1. The van der Waals surface area contributed by atoms with Crippen LogP contribution in [0.5, 0.6) is 5.75 Å². The second-order valence-corrected chi connectivity index (χ2v) is 7.74. The van der Waals surface area contributed by atoms with Crippen LogP contribution in [0.1, 0.15) is 25.3 Å². The fourth-order valence-corrected chi connectivity index (χ4v) is 3.73. The number of carbonyl (C=O) groups is 3. The van der Waals surface area contributed by atoms with E-state index < -0.39 is 11.8 Å². The molecule has 170 valence electrons. The van der Waals surface area contributed by atoms with E-state index in [0.29, 0.717) is 36.8 Å². The van der Waals surface area contributed by atoms with Crippen LogP contribution in [0.15, 0.2) is 48.5 Å². The second-order valence-electron chi connectivity index (χ2n) is 7.74. The Morgan fingerprint density at radius 1 is 0.938 bits per heavy atom. The Labute approximate surface area is 188 Å². The molecule has 8 nitrogen and oxygen atoms in total. The van der Waals surface area contributed by atoms with Crippen molar-refractivity contribution >= 4 is 29.2 Å². The molecule has 0 atom stereocenters. The molecule has 0 radical (unpaired) electrons. The third-order valence-electron chi connectivity index (χ3n) is 5.65. The molecule has 8 heteroatoms. The van der Waals surface area contributed by atoms with Gasteiger partial charge in [0, 0.05) is 25.3 Å². The van der Waals surface area contributed by atoms with Crippen LogP contribution in [0, 0.1) is 5.92 Å². The number of hydrogen-bond acceptors (Lipinski definition) is 4. The van der Waals surface area contributed by atoms with Crippen molar-refractivity contribution in [1.29, 1.82) is 0 Å². The normalized spacial score (nSPS) is 13.9. The number of hydrogen-bond donors (Lipinski definition) is 3. The fraction of sp³-hybridized carbons (Fsp3) is 0.375. The zero-order valence-electron chi connectivity index (χ0n) is 18.5. The van der Waals surface area contributed by atoms with Gasteiger partial charge in [0.05, 0.1) is 12.8 Å². The van der Waals surface area contributed by atoms with Crippen molar-refractivity contribution in [3.8, 4) is 5.75 Å². The molecule has 1 heterocycles. The zero-order valence-corrected chi connectivity index (χ0v) is 18.5. The van der Waals surface area contributed by atoms with Crippen LogP contribution in [0.4, 0.5) is 16.2 Å². The molecule has 1 saturated heterocycles. The molecule has 0 bridgehead atoms. The van der Waals surface area contributed by atoms with E-state index in [1.807, 2.05) is 37.3 Å². The molecule has 4 amide bonds. The number of benzene rings is 2. The summed E-state index contributed by atoms with van der Waals surface area (Å²) in [6, 6.07) is 14.5. The van der Waals surface area contributed by atoms with E-state index >= 15 is 0 Å². The molecule has 2 aromatic rings. The molecule has 0 aromatic heterocycles. The average Bonchev–Trinajstić information content (AvgIpc) is 2.83. The zero-order chi connectivity index (χ0) is 22.9. The van der Waals surface area contributed by atoms with Gasteiger partial charge in [-0.3, -0.25) is 9.59 Å². The quantitative estimate of drug-likeness (QED) is 0.603. The number of likely N-dealkylation sites (tertiary alicyclic amines) is 1. The topological polar surface area (TPSA) is 99.8 Å². The number of aryl methyl sites for hydroxylation is 1. The van der Waals surface area contributed by atoms with E-state index in [2.05, 4.69) is 16.0 Å². The molecular weight excluding hydrogens is 408 g/mol. The summed E-state index contributed by atoms with van der Waals surface area (Å²) in [5.74, 6) is -0.491. The Bertz CT molecular complexity index is 955. The minimum absolute atomic E-state index is 0.175. The number of carbonyl (C=O) groups excluding carboxylic acids is 3. The molecule has 1 aliphatic heterocycles. The molecule has 0 aliphatic carbocycles. The number of ether oxygens (including phenoxy) is 1. The second kappa shape index (κ2) is 11.2. The van der Waals surface area contributed by atoms with Gasteiger partial charge in [-0.2, -0.15) is 0 Å². The summed E-state index contributed by atoms with van der Waals surface area (Å²) in [4.78, 5) is 38.8. The summed E-state index contributed by atoms with van der Waals surface area (Å²) in [6.07, 6.45) is 2.26. The monoisotopic (exact) mass is 438 g/mol. The van der Waals surface area contributed by atoms with Crippen LogP contribution in [-0.4, -0.2) is 49.5 Å². The maximum absolute atomic E-state index is 12.6. The van der Waals surface area contributed by atoms with Gasteiger partial charge in [0.2, 0.25) is 0 Å². The van der Waals surface area contributed by atoms with Crippen LogP contribution in [0.25, 0.3) is 0 Å². The number of rotatable bonds is 6. The first kappa shape index (κ1) is 23.1. The largest absolute Gasteiger partial charge is 0.495 e. The summed E-state index contributed by atoms with van der Waals surface area (Å²) in [5, 5.41) is 8.29. The number of amides is 4. The van der Waals surface area contributed by atoms with Crippen molar-refractivity contribution in [2.45, 2.75) is 26.2 Å². The summed E-state index contributed by atoms with van der Waals surface area (Å²) < 4.78 is 5.27. The number of piperidine rings is 1. The van der Waals surface area contributed by atoms with Crippen molar-refractivity contribution < 1.29 is 19.1 Å². The predicted molar refractivity (Wildman–Crippen MR) is 124 cm³/mol. The Kier molecular flexibility index (Phi) is 8.08. The Hall–Kier alpha value is -3.55. The highest BCUT2D eigenvalue weighted by Crippen LogP contribution is 2.24. The number of nitrogens with zero attached hydrogens (tertiary/aromatic N) is 1. The van der Waals surface area contributed by atoms with Gasteiger partial charge >= 0.3 is 17.8 Å². The van der Waals surface area contributed by atoms with Crippen LogP contribution >= 0.6 is 0 Å². The van der Waals surface area contributed by atoms with Crippen LogP contribution in [0.3, 0.4) is 0 Å². The molecule has 1 aliphatic rings. The summed E-state index contributed by atoms with van der Waals surface area (Å²) in [6.45, 7) is 3.56. The molecule has 32 heavy (non-hydrogen) atoms. The van der Waals surface area contributed by atoms with Gasteiger partial charge in [0.15, 0.2) is 0 Å². The lowest BCUT2D eigenvalue weighted by Gasteiger charge is -2.32. The van der Waals surface area contributed by atoms with E-state index in [4.69, 9.17) is 4.74 Å². The third-order valence-corrected chi connectivity index (χ3v) is 5.65. The van der Waals surface area contributed by atoms with Gasteiger partial charge in [-0.15, -0.1) is 0 Å². The Morgan fingerprint density at radius 3 is 2.28 bits per heavy atom. The molecule has 3 rings (SSSR count). The molecule has 0 spiro atoms. The highest BCUT2D eigenvalue weighted by Gasteiger charge is 2.24. The smallest absolute Gasteiger partial charge is 0.321 e. The lowest BCUT2D eigenvalue weighted by molar-refractivity contribution is -0.136. The lowest BCUT2D eigenvalue weighted by atomic mass is 9.97. The molecular formula is C24H30N4O4. The van der Waals surface area contributed by atoms with Gasteiger partial charge in [0.1, 0.15) is 5.75 Å². The van der Waals surface area contributed by atoms with E-state index in [1.54, 1.807) is 30.2 Å². The van der Waals surface area contributed by atoms with Gasteiger partial charge in [-0.1, -0.05) is 37.3 Å². The van der Waals surface area contributed by atoms with Crippen molar-refractivity contribution in [3.63, 3.8) is 0 Å². The third kappa shape index (κ3) is 6.00. The average molecular weight is 439 g/mol. The molecule has 3 N–H and O–H groups in total. The number of nitrogens with one attached hydrogen (secondary N) is 3. The number of para-hydroxylation sites is 3. The first-order valence-electron chi connectivity index (χ1n) is 10.9. The van der Waals surface area contributed by atoms with Crippen LogP contribution in [-0.2, 0) is 16.0 Å². The molecule has 1 fully saturated rings. The minimum Gasteiger partial charge on any atom is -0.495 e. The highest BCUT2D eigenvalue weighted by atomic mass is 16.5. The van der Waals surface area contributed by atoms with Crippen LogP contribution in [0.2, 0.25) is 0 Å². The number of methoxy groups -OCH3 is 1. The first-order valence-corrected chi connectivity index (χ1v) is 10.9. The van der Waals surface area contributed by atoms with Gasteiger partial charge in [0.25, 0.3) is 0 Å². The first-order chi connectivity index (χ1) is 15.5. The van der Waals surface area contributed by atoms with E-state index in [0.717, 1.165) is 24.8 Å². The summed E-state index contributed by atoms with van der Waals surface area (Å²) in [5.41, 5.74) is 2.27. The van der Waals surface area contributed by atoms with Crippen molar-refractivity contribution in [2.24, 2.45) is 5.92 Å². The molecule has 0 unspecified atom stereocenters. The van der Waals surface area contributed by atoms with E-state index in [9.17, 15) is 14.4 Å². The maximum atomic E-state index is 12.6. The Morgan fingerprint density at radius 2 is 1.59 bits per heavy atom. The van der Waals surface area contributed by atoms with Crippen molar-refractivity contribution in [1.82, 2.24) is 10.2 Å². The standard InChI is InChI=1S/C24H30N4O4/c1-3-18-8-4-5-9-19(18)26-23(30)22(29)25-16-17-12-14-28(15-13-17)24(31)27-20-10-6-7-11-21(20)32-2/h4-11,17H,3,12-16H2,1-2H3,(H,25,29)(H,26,30)(H,27,31). The lowest BCUT2D eigenvalue weighted by Crippen LogP contribution is -2.44. The highest BCUT2D eigenvalue weighted by molar-refractivity contribution is 6.39. The molecule has 0 saturated carbocycles. The van der Waals surface area contributed by atoms with Crippen molar-refractivity contribution in [2.75, 3.05) is 37.4 Å². The van der Waals surface area contributed by atoms with Gasteiger partial charge < -0.3 is 25.6 Å². The summed E-state index contributed by atoms with van der Waals surface area (Å²) in [7, 11) is 1.56. The predicted octanol–water partition coefficient (Wildman–Crippen LogP) is 3.26. The van der Waals surface area contributed by atoms with Crippen LogP contribution < -0.4 is 20.7 Å². The van der Waals surface area contributed by atoms with Gasteiger partial charge in [-0.25, -0.2) is 4.79 Å². The van der Waals surface area contributed by atoms with E-state index in [-0.39, 0.29) is 11.9 Å². The van der Waals surface area contributed by atoms with E-state index in [1.165, 1.54) is 0 Å². The summed E-state index contributed by atoms with van der Waals surface area (Å²) >= 11 is 0. The fourth-order valence-electron chi connectivity index (χ4n) is 3.73. The minimum atomic E-state index is -0.667.